The quantitative estimate of drug-likeness (QED) is 0.673. The van der Waals surface area contributed by atoms with Crippen LogP contribution in [-0.2, 0) is 30.6 Å². The van der Waals surface area contributed by atoms with E-state index in [9.17, 15) is 9.59 Å². The average molecular weight is 367 g/mol. The topological polar surface area (TPSA) is 113 Å². The monoisotopic (exact) mass is 367 g/mol. The predicted octanol–water partition coefficient (Wildman–Crippen LogP) is 0.298. The number of fused-ring (bicyclic) bond motifs is 1. The van der Waals surface area contributed by atoms with E-state index in [-0.39, 0.29) is 11.6 Å². The Morgan fingerprint density at radius 1 is 1.15 bits per heavy atom. The Balaban J connectivity index is 1.34. The van der Waals surface area contributed by atoms with Gasteiger partial charge in [0.1, 0.15) is 11.6 Å². The van der Waals surface area contributed by atoms with Crippen molar-refractivity contribution in [1.82, 2.24) is 34.8 Å². The maximum absolute atomic E-state index is 12.5. The van der Waals surface area contributed by atoms with E-state index >= 15 is 0 Å². The fourth-order valence-corrected chi connectivity index (χ4v) is 3.26. The Morgan fingerprint density at radius 3 is 2.78 bits per heavy atom. The molecule has 3 heterocycles. The first-order chi connectivity index (χ1) is 13.2. The van der Waals surface area contributed by atoms with Crippen LogP contribution in [0.4, 0.5) is 0 Å². The minimum absolute atomic E-state index is 0.0501. The molecule has 0 atom stereocenters. The number of aromatic nitrogens is 6. The van der Waals surface area contributed by atoms with E-state index in [1.165, 1.54) is 5.56 Å². The summed E-state index contributed by atoms with van der Waals surface area (Å²) in [6.07, 6.45) is 2.13. The smallest absolute Gasteiger partial charge is 0.340 e. The molecule has 27 heavy (non-hydrogen) atoms. The van der Waals surface area contributed by atoms with Crippen LogP contribution in [0.25, 0.3) is 0 Å². The zero-order valence-electron chi connectivity index (χ0n) is 14.9. The van der Waals surface area contributed by atoms with Crippen LogP contribution in [0.5, 0.6) is 0 Å². The molecule has 0 radical (unpaired) electrons. The number of aryl methyl sites for hydroxylation is 1. The van der Waals surface area contributed by atoms with Crippen molar-refractivity contribution in [2.75, 3.05) is 13.1 Å². The van der Waals surface area contributed by atoms with Crippen LogP contribution in [-0.4, -0.2) is 53.8 Å². The number of carbonyl (C=O) groups excluding carboxylic acids is 1. The molecule has 140 valence electrons. The van der Waals surface area contributed by atoms with Crippen molar-refractivity contribution in [3.05, 3.63) is 63.9 Å². The summed E-state index contributed by atoms with van der Waals surface area (Å²) in [6.45, 7) is 1.87. The molecule has 2 N–H and O–H groups in total. The van der Waals surface area contributed by atoms with Crippen LogP contribution in [0.3, 0.4) is 0 Å². The summed E-state index contributed by atoms with van der Waals surface area (Å²) in [5.74, 6) is 2.30. The molecule has 2 aromatic heterocycles. The lowest BCUT2D eigenvalue weighted by molar-refractivity contribution is -0.131. The average Bonchev–Trinajstić information content (AvgIpc) is 3.21. The van der Waals surface area contributed by atoms with Crippen molar-refractivity contribution in [2.24, 2.45) is 0 Å². The van der Waals surface area contributed by atoms with E-state index in [0.717, 1.165) is 11.6 Å². The van der Waals surface area contributed by atoms with E-state index in [1.54, 1.807) is 0 Å². The molecule has 9 nitrogen and oxygen atoms in total. The SMILES string of the molecule is O=C(CCc1n[nH]c(=O)[nH]1)N1CCc2nc(Cc3ccccc3)nn2CC1. The van der Waals surface area contributed by atoms with Crippen molar-refractivity contribution < 1.29 is 4.79 Å². The van der Waals surface area contributed by atoms with Crippen molar-refractivity contribution in [1.29, 1.82) is 0 Å². The Bertz CT molecular complexity index is 948. The second-order valence-electron chi connectivity index (χ2n) is 6.58. The number of hydrogen-bond donors (Lipinski definition) is 2. The number of benzene rings is 1. The Hall–Kier alpha value is -3.23. The molecule has 1 aliphatic heterocycles. The van der Waals surface area contributed by atoms with Gasteiger partial charge in [-0.25, -0.2) is 19.6 Å². The molecule has 0 saturated heterocycles. The van der Waals surface area contributed by atoms with Gasteiger partial charge in [0.25, 0.3) is 0 Å². The molecular weight excluding hydrogens is 346 g/mol. The highest BCUT2D eigenvalue weighted by molar-refractivity contribution is 5.76. The second-order valence-corrected chi connectivity index (χ2v) is 6.58. The van der Waals surface area contributed by atoms with Gasteiger partial charge < -0.3 is 4.90 Å². The number of hydrogen-bond acceptors (Lipinski definition) is 5. The molecule has 0 bridgehead atoms. The van der Waals surface area contributed by atoms with E-state index in [4.69, 9.17) is 0 Å². The number of aromatic amines is 2. The molecule has 4 rings (SSSR count). The van der Waals surface area contributed by atoms with Gasteiger partial charge in [-0.05, 0) is 5.56 Å². The molecule has 1 aromatic carbocycles. The first kappa shape index (κ1) is 17.2. The van der Waals surface area contributed by atoms with Gasteiger partial charge in [-0.3, -0.25) is 9.78 Å². The zero-order valence-corrected chi connectivity index (χ0v) is 14.9. The molecule has 1 amide bonds. The number of rotatable bonds is 5. The fourth-order valence-electron chi connectivity index (χ4n) is 3.26. The number of amides is 1. The third kappa shape index (κ3) is 4.13. The zero-order chi connectivity index (χ0) is 18.6. The van der Waals surface area contributed by atoms with Gasteiger partial charge in [-0.1, -0.05) is 30.3 Å². The first-order valence-electron chi connectivity index (χ1n) is 9.05. The highest BCUT2D eigenvalue weighted by Gasteiger charge is 2.21. The van der Waals surface area contributed by atoms with Crippen LogP contribution < -0.4 is 5.69 Å². The molecule has 0 saturated carbocycles. The van der Waals surface area contributed by atoms with Gasteiger partial charge >= 0.3 is 5.69 Å². The molecule has 0 spiro atoms. The Labute approximate surface area is 155 Å². The molecule has 1 aliphatic rings. The minimum Gasteiger partial charge on any atom is -0.340 e. The van der Waals surface area contributed by atoms with E-state index in [0.29, 0.717) is 51.1 Å². The number of nitrogens with one attached hydrogen (secondary N) is 2. The van der Waals surface area contributed by atoms with Crippen LogP contribution in [0.2, 0.25) is 0 Å². The second kappa shape index (κ2) is 7.56. The highest BCUT2D eigenvalue weighted by Crippen LogP contribution is 2.12. The number of carbonyl (C=O) groups is 1. The van der Waals surface area contributed by atoms with Gasteiger partial charge in [0.15, 0.2) is 5.82 Å². The van der Waals surface area contributed by atoms with Crippen molar-refractivity contribution in [3.63, 3.8) is 0 Å². The standard InChI is InChI=1S/C18H21N7O2/c26-17(7-6-14-20-18(27)22-21-14)24-9-8-16-19-15(23-25(16)11-10-24)12-13-4-2-1-3-5-13/h1-5H,6-12H2,(H2,20,21,22,27). The number of H-pyrrole nitrogens is 2. The van der Waals surface area contributed by atoms with Gasteiger partial charge in [0.2, 0.25) is 5.91 Å². The third-order valence-electron chi connectivity index (χ3n) is 4.66. The molecule has 0 aliphatic carbocycles. The lowest BCUT2D eigenvalue weighted by Crippen LogP contribution is -2.34. The molecular formula is C18H21N7O2. The summed E-state index contributed by atoms with van der Waals surface area (Å²) in [6, 6.07) is 10.2. The molecule has 9 heteroatoms. The summed E-state index contributed by atoms with van der Waals surface area (Å²) in [7, 11) is 0. The molecule has 0 fully saturated rings. The summed E-state index contributed by atoms with van der Waals surface area (Å²) in [5.41, 5.74) is 0.835. The summed E-state index contributed by atoms with van der Waals surface area (Å²) in [5, 5.41) is 10.7. The Morgan fingerprint density at radius 2 is 2.00 bits per heavy atom. The van der Waals surface area contributed by atoms with Crippen molar-refractivity contribution in [2.45, 2.75) is 32.2 Å². The summed E-state index contributed by atoms with van der Waals surface area (Å²) >= 11 is 0. The van der Waals surface area contributed by atoms with Crippen molar-refractivity contribution in [3.8, 4) is 0 Å². The van der Waals surface area contributed by atoms with Crippen LogP contribution >= 0.6 is 0 Å². The molecule has 0 unspecified atom stereocenters. The van der Waals surface area contributed by atoms with E-state index in [1.807, 2.05) is 27.8 Å². The fraction of sp³-hybridized carbons (Fsp3) is 0.389. The summed E-state index contributed by atoms with van der Waals surface area (Å²) in [4.78, 5) is 32.5. The van der Waals surface area contributed by atoms with Gasteiger partial charge in [0, 0.05) is 38.8 Å². The third-order valence-corrected chi connectivity index (χ3v) is 4.66. The van der Waals surface area contributed by atoms with Gasteiger partial charge in [-0.2, -0.15) is 10.2 Å². The molecule has 3 aromatic rings. The largest absolute Gasteiger partial charge is 0.340 e. The van der Waals surface area contributed by atoms with Gasteiger partial charge in [-0.15, -0.1) is 0 Å². The normalized spacial score (nSPS) is 14.0. The maximum Gasteiger partial charge on any atom is 0.340 e. The highest BCUT2D eigenvalue weighted by atomic mass is 16.2. The van der Waals surface area contributed by atoms with E-state index < -0.39 is 0 Å². The lowest BCUT2D eigenvalue weighted by Gasteiger charge is -2.19. The van der Waals surface area contributed by atoms with Crippen LogP contribution in [0.15, 0.2) is 35.1 Å². The maximum atomic E-state index is 12.5. The van der Waals surface area contributed by atoms with Crippen LogP contribution in [0, 0.1) is 0 Å². The van der Waals surface area contributed by atoms with Gasteiger partial charge in [0.05, 0.1) is 6.54 Å². The lowest BCUT2D eigenvalue weighted by atomic mass is 10.1. The van der Waals surface area contributed by atoms with Crippen molar-refractivity contribution >= 4 is 5.91 Å². The van der Waals surface area contributed by atoms with E-state index in [2.05, 4.69) is 37.4 Å². The van der Waals surface area contributed by atoms with Crippen LogP contribution in [0.1, 0.15) is 29.5 Å². The first-order valence-corrected chi connectivity index (χ1v) is 9.05. The summed E-state index contributed by atoms with van der Waals surface area (Å²) < 4.78 is 1.91. The minimum atomic E-state index is -0.352. The Kier molecular flexibility index (Phi) is 4.82. The predicted molar refractivity (Wildman–Crippen MR) is 97.1 cm³/mol. The number of nitrogens with zero attached hydrogens (tertiary/aromatic N) is 5.